The number of aromatic amines is 1. The standard InChI is InChI=1S/C21H17N5O3/c1-13(20-25-18(11-19(27)26-20)17-8-9-22-12-23-17)24-21(28)29-16-7-6-14-4-2-3-5-15(14)10-16/h2-13H,1H3,(H,24,28)(H,25,26,27). The van der Waals surface area contributed by atoms with E-state index >= 15 is 0 Å². The van der Waals surface area contributed by atoms with Gasteiger partial charge in [0.1, 0.15) is 17.9 Å². The van der Waals surface area contributed by atoms with E-state index in [9.17, 15) is 9.59 Å². The molecule has 4 rings (SSSR count). The van der Waals surface area contributed by atoms with Crippen LogP contribution in [0.3, 0.4) is 0 Å². The van der Waals surface area contributed by atoms with Crippen molar-refractivity contribution >= 4 is 16.9 Å². The normalized spacial score (nSPS) is 11.8. The number of hydrogen-bond acceptors (Lipinski definition) is 6. The van der Waals surface area contributed by atoms with E-state index in [1.54, 1.807) is 31.3 Å². The number of benzene rings is 2. The average Bonchev–Trinajstić information content (AvgIpc) is 2.73. The van der Waals surface area contributed by atoms with Crippen LogP contribution in [0.2, 0.25) is 0 Å². The fourth-order valence-electron chi connectivity index (χ4n) is 2.87. The maximum Gasteiger partial charge on any atom is 0.413 e. The summed E-state index contributed by atoms with van der Waals surface area (Å²) in [5.74, 6) is 0.714. The van der Waals surface area contributed by atoms with Crippen LogP contribution in [0.1, 0.15) is 18.8 Å². The Labute approximate surface area is 165 Å². The fourth-order valence-corrected chi connectivity index (χ4v) is 2.87. The molecule has 144 valence electrons. The summed E-state index contributed by atoms with van der Waals surface area (Å²) in [7, 11) is 0. The first-order chi connectivity index (χ1) is 14.1. The summed E-state index contributed by atoms with van der Waals surface area (Å²) >= 11 is 0. The van der Waals surface area contributed by atoms with E-state index in [0.717, 1.165) is 10.8 Å². The first-order valence-electron chi connectivity index (χ1n) is 8.93. The number of amides is 1. The summed E-state index contributed by atoms with van der Waals surface area (Å²) < 4.78 is 5.37. The number of rotatable bonds is 4. The lowest BCUT2D eigenvalue weighted by Crippen LogP contribution is -2.31. The van der Waals surface area contributed by atoms with E-state index in [2.05, 4.69) is 25.3 Å². The lowest BCUT2D eigenvalue weighted by Gasteiger charge is -2.14. The quantitative estimate of drug-likeness (QED) is 0.556. The largest absolute Gasteiger partial charge is 0.413 e. The molecular weight excluding hydrogens is 370 g/mol. The zero-order valence-electron chi connectivity index (χ0n) is 15.5. The second kappa shape index (κ2) is 7.89. The molecule has 0 aliphatic heterocycles. The van der Waals surface area contributed by atoms with E-state index in [-0.39, 0.29) is 5.56 Å². The Morgan fingerprint density at radius 1 is 1.07 bits per heavy atom. The van der Waals surface area contributed by atoms with Gasteiger partial charge in [-0.15, -0.1) is 0 Å². The smallest absolute Gasteiger partial charge is 0.410 e. The lowest BCUT2D eigenvalue weighted by atomic mass is 10.1. The predicted octanol–water partition coefficient (Wildman–Crippen LogP) is 3.23. The molecule has 2 aromatic heterocycles. The molecule has 0 saturated heterocycles. The van der Waals surface area contributed by atoms with Gasteiger partial charge in [-0.3, -0.25) is 4.79 Å². The van der Waals surface area contributed by atoms with Gasteiger partial charge in [-0.25, -0.2) is 19.7 Å². The minimum Gasteiger partial charge on any atom is -0.410 e. The molecule has 1 atom stereocenters. The van der Waals surface area contributed by atoms with E-state index in [1.807, 2.05) is 30.3 Å². The zero-order valence-corrected chi connectivity index (χ0v) is 15.5. The molecule has 1 amide bonds. The third-order valence-electron chi connectivity index (χ3n) is 4.28. The van der Waals surface area contributed by atoms with Crippen LogP contribution < -0.4 is 15.6 Å². The maximum atomic E-state index is 12.3. The molecule has 0 spiro atoms. The van der Waals surface area contributed by atoms with E-state index in [4.69, 9.17) is 4.74 Å². The number of nitrogens with zero attached hydrogens (tertiary/aromatic N) is 3. The second-order valence-electron chi connectivity index (χ2n) is 6.37. The molecule has 0 radical (unpaired) electrons. The number of ether oxygens (including phenoxy) is 1. The van der Waals surface area contributed by atoms with E-state index < -0.39 is 12.1 Å². The van der Waals surface area contributed by atoms with Crippen molar-refractivity contribution in [2.45, 2.75) is 13.0 Å². The van der Waals surface area contributed by atoms with Crippen LogP contribution in [0.4, 0.5) is 4.79 Å². The third-order valence-corrected chi connectivity index (χ3v) is 4.28. The molecule has 0 saturated carbocycles. The molecule has 2 N–H and O–H groups in total. The summed E-state index contributed by atoms with van der Waals surface area (Å²) in [6.45, 7) is 1.70. The number of nitrogens with one attached hydrogen (secondary N) is 2. The Balaban J connectivity index is 1.49. The van der Waals surface area contributed by atoms with E-state index in [0.29, 0.717) is 23.0 Å². The molecule has 8 heteroatoms. The number of aromatic nitrogens is 4. The van der Waals surface area contributed by atoms with Gasteiger partial charge in [0.15, 0.2) is 0 Å². The average molecular weight is 387 g/mol. The van der Waals surface area contributed by atoms with Crippen molar-refractivity contribution in [3.8, 4) is 17.1 Å². The van der Waals surface area contributed by atoms with Crippen molar-refractivity contribution in [3.05, 3.63) is 83.3 Å². The maximum absolute atomic E-state index is 12.3. The van der Waals surface area contributed by atoms with Crippen molar-refractivity contribution in [3.63, 3.8) is 0 Å². The SMILES string of the molecule is CC(NC(=O)Oc1ccc2ccccc2c1)c1nc(-c2ccncn2)cc(=O)[nH]1. The van der Waals surface area contributed by atoms with Crippen LogP contribution in [0.15, 0.2) is 71.9 Å². The second-order valence-corrected chi connectivity index (χ2v) is 6.37. The van der Waals surface area contributed by atoms with Gasteiger partial charge in [0.25, 0.3) is 5.56 Å². The highest BCUT2D eigenvalue weighted by molar-refractivity contribution is 5.84. The first kappa shape index (κ1) is 18.3. The van der Waals surface area contributed by atoms with Crippen LogP contribution in [0.25, 0.3) is 22.2 Å². The van der Waals surface area contributed by atoms with Crippen LogP contribution >= 0.6 is 0 Å². The topological polar surface area (TPSA) is 110 Å². The third kappa shape index (κ3) is 4.27. The predicted molar refractivity (Wildman–Crippen MR) is 107 cm³/mol. The highest BCUT2D eigenvalue weighted by Crippen LogP contribution is 2.21. The Kier molecular flexibility index (Phi) is 4.98. The molecule has 29 heavy (non-hydrogen) atoms. The lowest BCUT2D eigenvalue weighted by molar-refractivity contribution is 0.196. The Bertz CT molecular complexity index is 1220. The molecule has 0 aliphatic rings. The van der Waals surface area contributed by atoms with Gasteiger partial charge in [0.2, 0.25) is 0 Å². The van der Waals surface area contributed by atoms with Gasteiger partial charge in [-0.2, -0.15) is 0 Å². The van der Waals surface area contributed by atoms with Crippen molar-refractivity contribution in [2.24, 2.45) is 0 Å². The van der Waals surface area contributed by atoms with Gasteiger partial charge >= 0.3 is 6.09 Å². The summed E-state index contributed by atoms with van der Waals surface area (Å²) in [6, 6.07) is 15.6. The van der Waals surface area contributed by atoms with E-state index in [1.165, 1.54) is 12.4 Å². The molecule has 4 aromatic rings. The molecule has 0 aliphatic carbocycles. The van der Waals surface area contributed by atoms with Crippen LogP contribution in [-0.4, -0.2) is 26.0 Å². The van der Waals surface area contributed by atoms with Crippen LogP contribution in [0, 0.1) is 0 Å². The Morgan fingerprint density at radius 2 is 1.90 bits per heavy atom. The summed E-state index contributed by atoms with van der Waals surface area (Å²) in [6.07, 6.45) is 2.29. The van der Waals surface area contributed by atoms with Crippen LogP contribution in [-0.2, 0) is 0 Å². The van der Waals surface area contributed by atoms with Gasteiger partial charge in [-0.05, 0) is 35.9 Å². The minimum atomic E-state index is -0.650. The summed E-state index contributed by atoms with van der Waals surface area (Å²) in [4.78, 5) is 39.3. The van der Waals surface area contributed by atoms with Crippen molar-refractivity contribution < 1.29 is 9.53 Å². The Morgan fingerprint density at radius 3 is 2.69 bits per heavy atom. The number of carbonyl (C=O) groups excluding carboxylic acids is 1. The number of H-pyrrole nitrogens is 1. The summed E-state index contributed by atoms with van der Waals surface area (Å²) in [5, 5.41) is 4.69. The monoisotopic (exact) mass is 387 g/mol. The van der Waals surface area contributed by atoms with Crippen LogP contribution in [0.5, 0.6) is 5.75 Å². The van der Waals surface area contributed by atoms with Crippen molar-refractivity contribution in [1.29, 1.82) is 0 Å². The number of carbonyl (C=O) groups is 1. The molecule has 1 unspecified atom stereocenters. The van der Waals surface area contributed by atoms with Crippen molar-refractivity contribution in [2.75, 3.05) is 0 Å². The van der Waals surface area contributed by atoms with Crippen molar-refractivity contribution in [1.82, 2.24) is 25.3 Å². The van der Waals surface area contributed by atoms with Gasteiger partial charge in [-0.1, -0.05) is 30.3 Å². The Hall–Kier alpha value is -4.07. The van der Waals surface area contributed by atoms with Gasteiger partial charge in [0, 0.05) is 12.3 Å². The molecule has 2 aromatic carbocycles. The van der Waals surface area contributed by atoms with Gasteiger partial charge in [0.05, 0.1) is 17.4 Å². The fraction of sp³-hybridized carbons (Fsp3) is 0.0952. The molecular formula is C21H17N5O3. The number of hydrogen-bond donors (Lipinski definition) is 2. The minimum absolute atomic E-state index is 0.293. The number of fused-ring (bicyclic) bond motifs is 1. The van der Waals surface area contributed by atoms with Gasteiger partial charge < -0.3 is 15.0 Å². The highest BCUT2D eigenvalue weighted by Gasteiger charge is 2.15. The first-order valence-corrected chi connectivity index (χ1v) is 8.93. The zero-order chi connectivity index (χ0) is 20.2. The molecule has 0 bridgehead atoms. The molecule has 0 fully saturated rings. The highest BCUT2D eigenvalue weighted by atomic mass is 16.6. The molecule has 8 nitrogen and oxygen atoms in total. The molecule has 2 heterocycles. The summed E-state index contributed by atoms with van der Waals surface area (Å²) in [5.41, 5.74) is 0.557.